The van der Waals surface area contributed by atoms with Crippen LogP contribution in [0.15, 0.2) is 27.6 Å². The van der Waals surface area contributed by atoms with Crippen LogP contribution in [-0.4, -0.2) is 64.5 Å². The average molecular weight is 377 g/mol. The first kappa shape index (κ1) is 16.7. The zero-order chi connectivity index (χ0) is 15.6. The lowest BCUT2D eigenvalue weighted by Gasteiger charge is -2.37. The molecule has 8 heteroatoms. The number of hydrogen-bond donors (Lipinski definition) is 2. The van der Waals surface area contributed by atoms with Crippen molar-refractivity contribution in [2.75, 3.05) is 46.0 Å². The van der Waals surface area contributed by atoms with Crippen molar-refractivity contribution in [1.29, 1.82) is 0 Å². The van der Waals surface area contributed by atoms with Crippen LogP contribution in [-0.2, 0) is 10.0 Å². The molecule has 0 saturated carbocycles. The Bertz CT molecular complexity index is 608. The molecule has 0 bridgehead atoms. The van der Waals surface area contributed by atoms with Crippen LogP contribution in [0.1, 0.15) is 0 Å². The standard InChI is InChI=1S/C13H21BrN4O2S/c1-17-5-6-18(2)10(9-17)8-16-21(19,20)11-3-4-12(14)13(15)7-11/h3-4,7,10,16H,5-6,8-9,15H2,1-2H3. The molecule has 1 aromatic rings. The maximum Gasteiger partial charge on any atom is 0.240 e. The van der Waals surface area contributed by atoms with Gasteiger partial charge in [0, 0.05) is 42.4 Å². The van der Waals surface area contributed by atoms with Gasteiger partial charge in [0.15, 0.2) is 0 Å². The average Bonchev–Trinajstić information content (AvgIpc) is 2.43. The van der Waals surface area contributed by atoms with E-state index in [1.54, 1.807) is 12.1 Å². The Labute approximate surface area is 134 Å². The minimum atomic E-state index is -3.54. The van der Waals surface area contributed by atoms with Crippen LogP contribution in [0.3, 0.4) is 0 Å². The molecular formula is C13H21BrN4O2S. The van der Waals surface area contributed by atoms with Crippen molar-refractivity contribution in [3.63, 3.8) is 0 Å². The van der Waals surface area contributed by atoms with E-state index in [1.165, 1.54) is 6.07 Å². The Morgan fingerprint density at radius 3 is 2.76 bits per heavy atom. The topological polar surface area (TPSA) is 78.7 Å². The van der Waals surface area contributed by atoms with E-state index in [0.717, 1.165) is 19.6 Å². The van der Waals surface area contributed by atoms with Gasteiger partial charge in [0.1, 0.15) is 0 Å². The van der Waals surface area contributed by atoms with Gasteiger partial charge in [0.25, 0.3) is 0 Å². The molecule has 1 heterocycles. The number of benzene rings is 1. The van der Waals surface area contributed by atoms with Crippen LogP contribution in [0.25, 0.3) is 0 Å². The Morgan fingerprint density at radius 2 is 2.10 bits per heavy atom. The third-order valence-electron chi connectivity index (χ3n) is 3.77. The molecule has 0 aliphatic carbocycles. The largest absolute Gasteiger partial charge is 0.398 e. The van der Waals surface area contributed by atoms with Gasteiger partial charge < -0.3 is 10.6 Å². The van der Waals surface area contributed by atoms with Crippen LogP contribution in [0.2, 0.25) is 0 Å². The van der Waals surface area contributed by atoms with Crippen molar-refractivity contribution < 1.29 is 8.42 Å². The summed E-state index contributed by atoms with van der Waals surface area (Å²) in [6.45, 7) is 3.18. The second-order valence-corrected chi connectivity index (χ2v) is 8.05. The molecule has 1 aliphatic heterocycles. The molecule has 0 aromatic heterocycles. The van der Waals surface area contributed by atoms with E-state index in [9.17, 15) is 8.42 Å². The van der Waals surface area contributed by atoms with E-state index in [-0.39, 0.29) is 10.9 Å². The number of piperazine rings is 1. The van der Waals surface area contributed by atoms with Gasteiger partial charge in [-0.05, 0) is 48.2 Å². The molecule has 1 fully saturated rings. The van der Waals surface area contributed by atoms with Crippen LogP contribution in [0.4, 0.5) is 5.69 Å². The molecular weight excluding hydrogens is 356 g/mol. The van der Waals surface area contributed by atoms with Gasteiger partial charge in [0.2, 0.25) is 10.0 Å². The van der Waals surface area contributed by atoms with Crippen molar-refractivity contribution >= 4 is 31.6 Å². The highest BCUT2D eigenvalue weighted by molar-refractivity contribution is 9.10. The van der Waals surface area contributed by atoms with Crippen molar-refractivity contribution in [1.82, 2.24) is 14.5 Å². The molecule has 0 amide bonds. The first-order chi connectivity index (χ1) is 9.79. The van der Waals surface area contributed by atoms with E-state index < -0.39 is 10.0 Å². The predicted molar refractivity (Wildman–Crippen MR) is 87.7 cm³/mol. The quantitative estimate of drug-likeness (QED) is 0.750. The Balaban J connectivity index is 2.05. The maximum atomic E-state index is 12.3. The highest BCUT2D eigenvalue weighted by Crippen LogP contribution is 2.22. The summed E-state index contributed by atoms with van der Waals surface area (Å²) in [6.07, 6.45) is 0. The van der Waals surface area contributed by atoms with Gasteiger partial charge in [0.05, 0.1) is 4.90 Å². The summed E-state index contributed by atoms with van der Waals surface area (Å²) in [5.74, 6) is 0. The number of sulfonamides is 1. The van der Waals surface area contributed by atoms with Crippen LogP contribution >= 0.6 is 15.9 Å². The van der Waals surface area contributed by atoms with Crippen molar-refractivity contribution in [3.8, 4) is 0 Å². The second kappa shape index (κ2) is 6.62. The van der Waals surface area contributed by atoms with E-state index in [0.29, 0.717) is 16.7 Å². The first-order valence-electron chi connectivity index (χ1n) is 6.73. The van der Waals surface area contributed by atoms with Gasteiger partial charge >= 0.3 is 0 Å². The van der Waals surface area contributed by atoms with E-state index in [4.69, 9.17) is 5.73 Å². The lowest BCUT2D eigenvalue weighted by atomic mass is 10.2. The Morgan fingerprint density at radius 1 is 1.38 bits per heavy atom. The van der Waals surface area contributed by atoms with Crippen LogP contribution in [0.5, 0.6) is 0 Å². The van der Waals surface area contributed by atoms with Crippen LogP contribution < -0.4 is 10.5 Å². The van der Waals surface area contributed by atoms with Crippen molar-refractivity contribution in [2.45, 2.75) is 10.9 Å². The molecule has 0 radical (unpaired) electrons. The zero-order valence-corrected chi connectivity index (χ0v) is 14.6. The number of rotatable bonds is 4. The highest BCUT2D eigenvalue weighted by atomic mass is 79.9. The lowest BCUT2D eigenvalue weighted by molar-refractivity contribution is 0.117. The van der Waals surface area contributed by atoms with Crippen molar-refractivity contribution in [3.05, 3.63) is 22.7 Å². The highest BCUT2D eigenvalue weighted by Gasteiger charge is 2.24. The summed E-state index contributed by atoms with van der Waals surface area (Å²) >= 11 is 3.26. The van der Waals surface area contributed by atoms with E-state index in [2.05, 4.69) is 30.5 Å². The molecule has 2 rings (SSSR count). The third-order valence-corrected chi connectivity index (χ3v) is 5.91. The number of likely N-dealkylation sites (N-methyl/N-ethyl adjacent to an activating group) is 2. The Kier molecular flexibility index (Phi) is 5.26. The fraction of sp³-hybridized carbons (Fsp3) is 0.538. The molecule has 1 saturated heterocycles. The zero-order valence-electron chi connectivity index (χ0n) is 12.2. The van der Waals surface area contributed by atoms with E-state index >= 15 is 0 Å². The van der Waals surface area contributed by atoms with Gasteiger partial charge in [-0.2, -0.15) is 0 Å². The summed E-state index contributed by atoms with van der Waals surface area (Å²) in [7, 11) is 0.527. The lowest BCUT2D eigenvalue weighted by Crippen LogP contribution is -2.54. The molecule has 118 valence electrons. The maximum absolute atomic E-state index is 12.3. The summed E-state index contributed by atoms with van der Waals surface area (Å²) in [4.78, 5) is 4.57. The van der Waals surface area contributed by atoms with Gasteiger partial charge in [-0.3, -0.25) is 4.90 Å². The number of halogens is 1. The van der Waals surface area contributed by atoms with E-state index in [1.807, 2.05) is 14.1 Å². The number of nitrogens with one attached hydrogen (secondary N) is 1. The minimum Gasteiger partial charge on any atom is -0.398 e. The molecule has 0 spiro atoms. The molecule has 21 heavy (non-hydrogen) atoms. The number of nitrogen functional groups attached to an aromatic ring is 1. The third kappa shape index (κ3) is 4.17. The number of nitrogens with two attached hydrogens (primary N) is 1. The SMILES string of the molecule is CN1CCN(C)C(CNS(=O)(=O)c2ccc(Br)c(N)c2)C1. The molecule has 1 aliphatic rings. The number of nitrogens with zero attached hydrogens (tertiary/aromatic N) is 2. The fourth-order valence-electron chi connectivity index (χ4n) is 2.30. The minimum absolute atomic E-state index is 0.173. The molecule has 1 unspecified atom stereocenters. The number of hydrogen-bond acceptors (Lipinski definition) is 5. The summed E-state index contributed by atoms with van der Waals surface area (Å²) in [6, 6.07) is 4.82. The smallest absolute Gasteiger partial charge is 0.240 e. The van der Waals surface area contributed by atoms with Gasteiger partial charge in [-0.15, -0.1) is 0 Å². The monoisotopic (exact) mass is 376 g/mol. The Hall–Kier alpha value is -0.670. The molecule has 3 N–H and O–H groups in total. The summed E-state index contributed by atoms with van der Waals surface area (Å²) in [5.41, 5.74) is 6.15. The summed E-state index contributed by atoms with van der Waals surface area (Å²) < 4.78 is 28.0. The second-order valence-electron chi connectivity index (χ2n) is 5.43. The number of anilines is 1. The van der Waals surface area contributed by atoms with Gasteiger partial charge in [-0.25, -0.2) is 13.1 Å². The first-order valence-corrected chi connectivity index (χ1v) is 9.00. The molecule has 1 atom stereocenters. The molecule has 1 aromatic carbocycles. The normalized spacial score (nSPS) is 21.6. The fourth-order valence-corrected chi connectivity index (χ4v) is 3.65. The summed E-state index contributed by atoms with van der Waals surface area (Å²) in [5, 5.41) is 0. The predicted octanol–water partition coefficient (Wildman–Crippen LogP) is 0.555. The van der Waals surface area contributed by atoms with Gasteiger partial charge in [-0.1, -0.05) is 0 Å². The molecule has 6 nitrogen and oxygen atoms in total. The van der Waals surface area contributed by atoms with Crippen molar-refractivity contribution in [2.24, 2.45) is 0 Å². The van der Waals surface area contributed by atoms with Crippen LogP contribution in [0, 0.1) is 0 Å².